The summed E-state index contributed by atoms with van der Waals surface area (Å²) in [5.41, 5.74) is 6.00. The van der Waals surface area contributed by atoms with Crippen molar-refractivity contribution in [3.63, 3.8) is 0 Å². The molecule has 1 heterocycles. The Morgan fingerprint density at radius 3 is 1.85 bits per heavy atom. The van der Waals surface area contributed by atoms with Crippen LogP contribution in [0.25, 0.3) is 0 Å². The van der Waals surface area contributed by atoms with Crippen molar-refractivity contribution in [1.29, 1.82) is 0 Å². The van der Waals surface area contributed by atoms with Crippen LogP contribution in [0.1, 0.15) is 38.3 Å². The zero-order valence-electron chi connectivity index (χ0n) is 18.3. The molecule has 0 aromatic carbocycles. The predicted octanol–water partition coefficient (Wildman–Crippen LogP) is -2.43. The molecule has 0 radical (unpaired) electrons. The highest BCUT2D eigenvalue weighted by Gasteiger charge is 2.30. The number of H-pyrrole nitrogens is 1. The van der Waals surface area contributed by atoms with Crippen LogP contribution in [0.4, 0.5) is 0 Å². The molecule has 4 unspecified atom stereocenters. The van der Waals surface area contributed by atoms with Crippen molar-refractivity contribution in [2.75, 3.05) is 0 Å². The molecule has 1 aromatic heterocycles. The summed E-state index contributed by atoms with van der Waals surface area (Å²) in [5.74, 6) is -6.59. The minimum absolute atomic E-state index is 0.0616. The summed E-state index contributed by atoms with van der Waals surface area (Å²) in [6.45, 7) is 1.40. The third-order valence-electron chi connectivity index (χ3n) is 4.57. The molecule has 34 heavy (non-hydrogen) atoms. The van der Waals surface area contributed by atoms with Crippen molar-refractivity contribution in [3.8, 4) is 0 Å². The van der Waals surface area contributed by atoms with E-state index in [4.69, 9.17) is 15.9 Å². The van der Waals surface area contributed by atoms with E-state index in [1.165, 1.54) is 19.4 Å². The Morgan fingerprint density at radius 1 is 0.882 bits per heavy atom. The van der Waals surface area contributed by atoms with Crippen LogP contribution < -0.4 is 21.7 Å². The number of carbonyl (C=O) groups is 6. The monoisotopic (exact) mass is 484 g/mol. The number of nitrogens with zero attached hydrogens (tertiary/aromatic N) is 1. The van der Waals surface area contributed by atoms with Crippen LogP contribution in [0.2, 0.25) is 0 Å². The first-order valence-electron chi connectivity index (χ1n) is 10.2. The van der Waals surface area contributed by atoms with Gasteiger partial charge in [-0.1, -0.05) is 0 Å². The second-order valence-electron chi connectivity index (χ2n) is 7.46. The van der Waals surface area contributed by atoms with Crippen LogP contribution in [0.3, 0.4) is 0 Å². The zero-order valence-corrected chi connectivity index (χ0v) is 18.3. The normalized spacial score (nSPS) is 14.2. The summed E-state index contributed by atoms with van der Waals surface area (Å²) in [5, 5.41) is 33.8. The Balaban J connectivity index is 3.03. The lowest BCUT2D eigenvalue weighted by molar-refractivity contribution is -0.144. The second-order valence-corrected chi connectivity index (χ2v) is 7.46. The van der Waals surface area contributed by atoms with Crippen molar-refractivity contribution in [2.24, 2.45) is 5.73 Å². The van der Waals surface area contributed by atoms with E-state index in [0.717, 1.165) is 0 Å². The van der Waals surface area contributed by atoms with Crippen molar-refractivity contribution >= 4 is 35.6 Å². The molecule has 15 heteroatoms. The number of carbonyl (C=O) groups excluding carboxylic acids is 3. The first-order chi connectivity index (χ1) is 15.9. The van der Waals surface area contributed by atoms with Gasteiger partial charge in [0.1, 0.15) is 18.1 Å². The highest BCUT2D eigenvalue weighted by atomic mass is 16.4. The van der Waals surface area contributed by atoms with E-state index in [9.17, 15) is 33.9 Å². The average Bonchev–Trinajstić information content (AvgIpc) is 3.25. The summed E-state index contributed by atoms with van der Waals surface area (Å²) in [6.07, 6.45) is 0.797. The number of aromatic amines is 1. The first kappa shape index (κ1) is 28.0. The molecule has 0 saturated carbocycles. The van der Waals surface area contributed by atoms with Gasteiger partial charge in [-0.2, -0.15) is 0 Å². The molecule has 9 N–H and O–H groups in total. The standard InChI is InChI=1S/C19H28N6O9/c1-9(20)16(30)25-13(6-10-7-21-8-22-10)18(32)23-11(2-4-14(26)27)17(31)24-12(19(33)34)3-5-15(28)29/h7-9,11-13H,2-6,20H2,1H3,(H,21,22)(H,23,32)(H,24,31)(H,25,30)(H,26,27)(H,28,29)(H,33,34). The summed E-state index contributed by atoms with van der Waals surface area (Å²) < 4.78 is 0. The average molecular weight is 484 g/mol. The SMILES string of the molecule is CC(N)C(=O)NC(Cc1cnc[nH]1)C(=O)NC(CCC(=O)O)C(=O)NC(CCC(=O)O)C(=O)O. The third kappa shape index (κ3) is 10.1. The number of aliphatic carboxylic acids is 3. The van der Waals surface area contributed by atoms with Crippen LogP contribution in [0.5, 0.6) is 0 Å². The molecule has 1 aromatic rings. The fourth-order valence-corrected chi connectivity index (χ4v) is 2.74. The van der Waals surface area contributed by atoms with Crippen LogP contribution in [0, 0.1) is 0 Å². The Morgan fingerprint density at radius 2 is 1.38 bits per heavy atom. The minimum atomic E-state index is -1.58. The molecule has 0 fully saturated rings. The number of carboxylic acids is 3. The largest absolute Gasteiger partial charge is 0.481 e. The van der Waals surface area contributed by atoms with Crippen LogP contribution >= 0.6 is 0 Å². The number of hydrogen-bond donors (Lipinski definition) is 8. The van der Waals surface area contributed by atoms with Crippen LogP contribution in [-0.4, -0.2) is 85.1 Å². The number of carboxylic acid groups (broad SMARTS) is 3. The molecule has 188 valence electrons. The van der Waals surface area contributed by atoms with Crippen molar-refractivity contribution in [2.45, 2.75) is 63.2 Å². The quantitative estimate of drug-likeness (QED) is 0.130. The number of aromatic nitrogens is 2. The Labute approximate surface area is 193 Å². The van der Waals surface area contributed by atoms with Crippen molar-refractivity contribution < 1.29 is 44.1 Å². The molecule has 3 amide bonds. The molecule has 0 aliphatic carbocycles. The summed E-state index contributed by atoms with van der Waals surface area (Å²) >= 11 is 0. The number of imidazole rings is 1. The van der Waals surface area contributed by atoms with E-state index in [0.29, 0.717) is 5.69 Å². The number of rotatable bonds is 15. The fourth-order valence-electron chi connectivity index (χ4n) is 2.74. The Bertz CT molecular complexity index is 887. The molecular weight excluding hydrogens is 456 g/mol. The van der Waals surface area contributed by atoms with Crippen LogP contribution in [-0.2, 0) is 35.2 Å². The van der Waals surface area contributed by atoms with Gasteiger partial charge >= 0.3 is 17.9 Å². The van der Waals surface area contributed by atoms with Gasteiger partial charge in [0.2, 0.25) is 17.7 Å². The summed E-state index contributed by atoms with van der Waals surface area (Å²) in [6, 6.07) is -5.23. The van der Waals surface area contributed by atoms with Gasteiger partial charge in [0.25, 0.3) is 0 Å². The highest BCUT2D eigenvalue weighted by molar-refractivity contribution is 5.94. The molecule has 0 saturated heterocycles. The maximum atomic E-state index is 12.9. The van der Waals surface area contributed by atoms with Gasteiger partial charge < -0.3 is 42.0 Å². The minimum Gasteiger partial charge on any atom is -0.481 e. The molecule has 4 atom stereocenters. The summed E-state index contributed by atoms with van der Waals surface area (Å²) in [7, 11) is 0. The number of amides is 3. The fraction of sp³-hybridized carbons (Fsp3) is 0.526. The van der Waals surface area contributed by atoms with Crippen LogP contribution in [0.15, 0.2) is 12.5 Å². The number of hydrogen-bond acceptors (Lipinski definition) is 8. The lowest BCUT2D eigenvalue weighted by Crippen LogP contribution is -2.57. The van der Waals surface area contributed by atoms with Gasteiger partial charge in [-0.25, -0.2) is 9.78 Å². The molecular formula is C19H28N6O9. The van der Waals surface area contributed by atoms with Gasteiger partial charge in [-0.15, -0.1) is 0 Å². The molecule has 0 spiro atoms. The van der Waals surface area contributed by atoms with E-state index < -0.39 is 85.5 Å². The molecule has 0 aliphatic rings. The Hall–Kier alpha value is -4.01. The summed E-state index contributed by atoms with van der Waals surface area (Å²) in [4.78, 5) is 77.3. The van der Waals surface area contributed by atoms with Gasteiger partial charge in [0, 0.05) is 31.2 Å². The molecule has 1 rings (SSSR count). The lowest BCUT2D eigenvalue weighted by Gasteiger charge is -2.24. The smallest absolute Gasteiger partial charge is 0.326 e. The van der Waals surface area contributed by atoms with E-state index in [-0.39, 0.29) is 6.42 Å². The van der Waals surface area contributed by atoms with E-state index in [1.807, 2.05) is 0 Å². The zero-order chi connectivity index (χ0) is 25.8. The third-order valence-corrected chi connectivity index (χ3v) is 4.57. The van der Waals surface area contributed by atoms with Crippen molar-refractivity contribution in [3.05, 3.63) is 18.2 Å². The topological polar surface area (TPSA) is 254 Å². The molecule has 0 aliphatic heterocycles. The Kier molecular flexibility index (Phi) is 11.1. The molecule has 15 nitrogen and oxygen atoms in total. The van der Waals surface area contributed by atoms with Gasteiger partial charge in [-0.3, -0.25) is 24.0 Å². The van der Waals surface area contributed by atoms with Gasteiger partial charge in [0.15, 0.2) is 0 Å². The van der Waals surface area contributed by atoms with E-state index in [1.54, 1.807) is 0 Å². The van der Waals surface area contributed by atoms with E-state index >= 15 is 0 Å². The van der Waals surface area contributed by atoms with Crippen molar-refractivity contribution in [1.82, 2.24) is 25.9 Å². The van der Waals surface area contributed by atoms with Gasteiger partial charge in [-0.05, 0) is 19.8 Å². The number of nitrogens with two attached hydrogens (primary N) is 1. The highest BCUT2D eigenvalue weighted by Crippen LogP contribution is 2.06. The van der Waals surface area contributed by atoms with Gasteiger partial charge in [0.05, 0.1) is 12.4 Å². The number of nitrogens with one attached hydrogen (secondary N) is 4. The van der Waals surface area contributed by atoms with E-state index in [2.05, 4.69) is 25.9 Å². The maximum absolute atomic E-state index is 12.9. The predicted molar refractivity (Wildman–Crippen MR) is 113 cm³/mol. The first-order valence-corrected chi connectivity index (χ1v) is 10.2. The maximum Gasteiger partial charge on any atom is 0.326 e. The second kappa shape index (κ2) is 13.5. The molecule has 0 bridgehead atoms. The lowest BCUT2D eigenvalue weighted by atomic mass is 10.1.